The molecule has 0 saturated heterocycles. The highest BCUT2D eigenvalue weighted by Gasteiger charge is 2.30. The lowest BCUT2D eigenvalue weighted by Gasteiger charge is -2.13. The third kappa shape index (κ3) is 2.76. The largest absolute Gasteiger partial charge is 0.481 e. The predicted molar refractivity (Wildman–Crippen MR) is 95.8 cm³/mol. The van der Waals surface area contributed by atoms with Crippen LogP contribution in [0.5, 0.6) is 0 Å². The van der Waals surface area contributed by atoms with Gasteiger partial charge in [0.15, 0.2) is 0 Å². The summed E-state index contributed by atoms with van der Waals surface area (Å²) in [6.45, 7) is 3.70. The van der Waals surface area contributed by atoms with Crippen LogP contribution in [0.4, 0.5) is 5.69 Å². The number of nitro benzene ring substituents is 1. The molecule has 0 bridgehead atoms. The van der Waals surface area contributed by atoms with Crippen molar-refractivity contribution in [3.05, 3.63) is 63.7 Å². The number of nitrogens with one attached hydrogen (secondary N) is 1. The molecule has 2 N–H and O–H groups in total. The number of hydrogen-bond acceptors (Lipinski definition) is 3. The zero-order valence-electron chi connectivity index (χ0n) is 13.9. The topological polar surface area (TPSA) is 96.2 Å². The fourth-order valence-electron chi connectivity index (χ4n) is 3.32. The molecule has 128 valence electrons. The Morgan fingerprint density at radius 3 is 2.56 bits per heavy atom. The van der Waals surface area contributed by atoms with E-state index in [1.807, 2.05) is 31.2 Å². The van der Waals surface area contributed by atoms with Gasteiger partial charge in [-0.1, -0.05) is 37.3 Å². The molecule has 0 radical (unpaired) electrons. The smallest absolute Gasteiger partial charge is 0.311 e. The molecule has 2 aromatic carbocycles. The number of carbonyl (C=O) groups is 1. The third-order valence-corrected chi connectivity index (χ3v) is 4.51. The van der Waals surface area contributed by atoms with Gasteiger partial charge >= 0.3 is 5.97 Å². The maximum absolute atomic E-state index is 11.8. The number of H-pyrrole nitrogens is 1. The van der Waals surface area contributed by atoms with Gasteiger partial charge in [0.1, 0.15) is 0 Å². The van der Waals surface area contributed by atoms with E-state index in [0.29, 0.717) is 28.6 Å². The van der Waals surface area contributed by atoms with Gasteiger partial charge in [-0.15, -0.1) is 0 Å². The van der Waals surface area contributed by atoms with Crippen LogP contribution in [-0.4, -0.2) is 21.0 Å². The summed E-state index contributed by atoms with van der Waals surface area (Å²) in [5.74, 6) is -1.82. The van der Waals surface area contributed by atoms with Gasteiger partial charge < -0.3 is 10.1 Å². The molecule has 0 fully saturated rings. The molecule has 0 aliphatic heterocycles. The van der Waals surface area contributed by atoms with Crippen LogP contribution in [0, 0.1) is 17.0 Å². The van der Waals surface area contributed by atoms with E-state index in [0.717, 1.165) is 11.1 Å². The fourth-order valence-corrected chi connectivity index (χ4v) is 3.32. The summed E-state index contributed by atoms with van der Waals surface area (Å²) in [6, 6.07) is 12.3. The maximum Gasteiger partial charge on any atom is 0.311 e. The summed E-state index contributed by atoms with van der Waals surface area (Å²) in [5, 5.41) is 21.6. The van der Waals surface area contributed by atoms with Crippen LogP contribution < -0.4 is 0 Å². The molecule has 3 aromatic rings. The van der Waals surface area contributed by atoms with Crippen molar-refractivity contribution in [1.29, 1.82) is 0 Å². The standard InChI is InChI=1S/C19H18N2O4/c1-3-12(19(22)23)16-17-14(9-6-10-15(17)21(24)25)20-18(16)13-8-5-4-7-11(13)2/h4-10,12,20H,3H2,1-2H3,(H,22,23). The van der Waals surface area contributed by atoms with E-state index in [4.69, 9.17) is 0 Å². The first-order valence-corrected chi connectivity index (χ1v) is 8.03. The minimum atomic E-state index is -0.989. The number of non-ortho nitro benzene ring substituents is 1. The molecule has 1 unspecified atom stereocenters. The Labute approximate surface area is 144 Å². The summed E-state index contributed by atoms with van der Waals surface area (Å²) in [6.07, 6.45) is 0.340. The minimum Gasteiger partial charge on any atom is -0.481 e. The quantitative estimate of drug-likeness (QED) is 0.523. The van der Waals surface area contributed by atoms with E-state index < -0.39 is 16.8 Å². The lowest BCUT2D eigenvalue weighted by molar-refractivity contribution is -0.383. The van der Waals surface area contributed by atoms with Crippen LogP contribution in [0.15, 0.2) is 42.5 Å². The number of carboxylic acid groups (broad SMARTS) is 1. The molecule has 0 amide bonds. The van der Waals surface area contributed by atoms with Gasteiger partial charge in [0.2, 0.25) is 0 Å². The summed E-state index contributed by atoms with van der Waals surface area (Å²) >= 11 is 0. The zero-order chi connectivity index (χ0) is 18.1. The Bertz CT molecular complexity index is 975. The van der Waals surface area contributed by atoms with Crippen molar-refractivity contribution in [3.8, 4) is 11.3 Å². The first-order valence-electron chi connectivity index (χ1n) is 8.03. The second kappa shape index (κ2) is 6.39. The number of hydrogen-bond donors (Lipinski definition) is 2. The van der Waals surface area contributed by atoms with E-state index >= 15 is 0 Å². The van der Waals surface area contributed by atoms with E-state index in [2.05, 4.69) is 4.98 Å². The summed E-state index contributed by atoms with van der Waals surface area (Å²) in [7, 11) is 0. The molecule has 1 heterocycles. The van der Waals surface area contributed by atoms with Gasteiger partial charge in [0, 0.05) is 17.2 Å². The average molecular weight is 338 g/mol. The second-order valence-electron chi connectivity index (χ2n) is 5.98. The highest BCUT2D eigenvalue weighted by molar-refractivity contribution is 6.01. The zero-order valence-corrected chi connectivity index (χ0v) is 13.9. The first kappa shape index (κ1) is 16.7. The number of benzene rings is 2. The molecule has 1 atom stereocenters. The van der Waals surface area contributed by atoms with Gasteiger partial charge in [0.25, 0.3) is 5.69 Å². The van der Waals surface area contributed by atoms with Crippen molar-refractivity contribution in [2.45, 2.75) is 26.2 Å². The van der Waals surface area contributed by atoms with E-state index in [9.17, 15) is 20.0 Å². The molecule has 0 spiro atoms. The number of aryl methyl sites for hydroxylation is 1. The third-order valence-electron chi connectivity index (χ3n) is 4.51. The van der Waals surface area contributed by atoms with Crippen LogP contribution in [0.2, 0.25) is 0 Å². The average Bonchev–Trinajstić information content (AvgIpc) is 2.94. The van der Waals surface area contributed by atoms with Crippen LogP contribution in [0.3, 0.4) is 0 Å². The van der Waals surface area contributed by atoms with E-state index in [1.54, 1.807) is 19.1 Å². The van der Waals surface area contributed by atoms with Crippen molar-refractivity contribution in [1.82, 2.24) is 4.98 Å². The van der Waals surface area contributed by atoms with Crippen LogP contribution >= 0.6 is 0 Å². The second-order valence-corrected chi connectivity index (χ2v) is 5.98. The number of aromatic nitrogens is 1. The monoisotopic (exact) mass is 338 g/mol. The van der Waals surface area contributed by atoms with Gasteiger partial charge in [-0.25, -0.2) is 0 Å². The number of aromatic amines is 1. The highest BCUT2D eigenvalue weighted by Crippen LogP contribution is 2.41. The number of nitro groups is 1. The van der Waals surface area contributed by atoms with Crippen LogP contribution in [0.25, 0.3) is 22.2 Å². The Morgan fingerprint density at radius 2 is 1.96 bits per heavy atom. The molecule has 0 aliphatic carbocycles. The summed E-state index contributed by atoms with van der Waals surface area (Å²) in [5.41, 5.74) is 3.43. The van der Waals surface area contributed by atoms with Crippen LogP contribution in [-0.2, 0) is 4.79 Å². The molecule has 3 rings (SSSR count). The van der Waals surface area contributed by atoms with Crippen molar-refractivity contribution >= 4 is 22.6 Å². The lowest BCUT2D eigenvalue weighted by Crippen LogP contribution is -2.11. The molecule has 6 nitrogen and oxygen atoms in total. The number of aliphatic carboxylic acids is 1. The van der Waals surface area contributed by atoms with E-state index in [1.165, 1.54) is 6.07 Å². The number of rotatable bonds is 5. The molecule has 6 heteroatoms. The van der Waals surface area contributed by atoms with E-state index in [-0.39, 0.29) is 5.69 Å². The molecule has 1 aromatic heterocycles. The Hall–Kier alpha value is -3.15. The van der Waals surface area contributed by atoms with Gasteiger partial charge in [-0.3, -0.25) is 14.9 Å². The Kier molecular flexibility index (Phi) is 4.27. The van der Waals surface area contributed by atoms with Gasteiger partial charge in [0.05, 0.1) is 27.4 Å². The molecular formula is C19H18N2O4. The predicted octanol–water partition coefficient (Wildman–Crippen LogP) is 4.63. The number of fused-ring (bicyclic) bond motifs is 1. The van der Waals surface area contributed by atoms with Crippen molar-refractivity contribution in [2.75, 3.05) is 0 Å². The molecule has 25 heavy (non-hydrogen) atoms. The first-order chi connectivity index (χ1) is 12.0. The van der Waals surface area contributed by atoms with Gasteiger partial charge in [-0.05, 0) is 25.0 Å². The lowest BCUT2D eigenvalue weighted by atomic mass is 9.90. The SMILES string of the molecule is CCC(C(=O)O)c1c(-c2ccccc2C)[nH]c2cccc([N+](=O)[O-])c12. The highest BCUT2D eigenvalue weighted by atomic mass is 16.6. The molecular weight excluding hydrogens is 320 g/mol. The van der Waals surface area contributed by atoms with Crippen molar-refractivity contribution in [2.24, 2.45) is 0 Å². The van der Waals surface area contributed by atoms with Crippen molar-refractivity contribution in [3.63, 3.8) is 0 Å². The fraction of sp³-hybridized carbons (Fsp3) is 0.211. The van der Waals surface area contributed by atoms with Gasteiger partial charge in [-0.2, -0.15) is 0 Å². The number of carboxylic acids is 1. The van der Waals surface area contributed by atoms with Crippen molar-refractivity contribution < 1.29 is 14.8 Å². The number of nitrogens with zero attached hydrogens (tertiary/aromatic N) is 1. The molecule has 0 saturated carbocycles. The summed E-state index contributed by atoms with van der Waals surface area (Å²) in [4.78, 5) is 26.1. The van der Waals surface area contributed by atoms with Crippen LogP contribution in [0.1, 0.15) is 30.4 Å². The maximum atomic E-state index is 11.8. The minimum absolute atomic E-state index is 0.0803. The molecule has 0 aliphatic rings. The summed E-state index contributed by atoms with van der Waals surface area (Å²) < 4.78 is 0. The normalized spacial score (nSPS) is 12.2. The Balaban J connectivity index is 2.45. The Morgan fingerprint density at radius 1 is 1.24 bits per heavy atom.